The van der Waals surface area contributed by atoms with Crippen molar-refractivity contribution in [3.05, 3.63) is 30.4 Å². The maximum atomic E-state index is 11.6. The number of rotatable bonds is 4. The number of nitrogens with zero attached hydrogens (tertiary/aromatic N) is 3. The van der Waals surface area contributed by atoms with Gasteiger partial charge in [0.25, 0.3) is 5.91 Å². The fourth-order valence-electron chi connectivity index (χ4n) is 2.75. The van der Waals surface area contributed by atoms with Crippen LogP contribution in [0.2, 0.25) is 0 Å². The molecule has 1 fully saturated rings. The molecule has 0 aliphatic carbocycles. The van der Waals surface area contributed by atoms with Gasteiger partial charge in [-0.3, -0.25) is 10.1 Å². The molecule has 3 heterocycles. The Balaban J connectivity index is 1.52. The number of hydrogen-bond donors (Lipinski definition) is 2. The zero-order valence-electron chi connectivity index (χ0n) is 12.7. The smallest absolute Gasteiger partial charge is 0.322 e. The Labute approximate surface area is 137 Å². The number of fused-ring (bicyclic) bond motifs is 1. The first-order valence-corrected chi connectivity index (χ1v) is 7.61. The van der Waals surface area contributed by atoms with Crippen LogP contribution in [0.5, 0.6) is 11.5 Å². The molecule has 9 nitrogen and oxygen atoms in total. The number of benzene rings is 1. The van der Waals surface area contributed by atoms with E-state index in [1.165, 1.54) is 6.33 Å². The van der Waals surface area contributed by atoms with E-state index in [2.05, 4.69) is 20.7 Å². The summed E-state index contributed by atoms with van der Waals surface area (Å²) < 4.78 is 12.8. The molecule has 1 aromatic carbocycles. The van der Waals surface area contributed by atoms with Crippen LogP contribution in [0.15, 0.2) is 24.5 Å². The van der Waals surface area contributed by atoms with Crippen molar-refractivity contribution in [1.29, 1.82) is 0 Å². The van der Waals surface area contributed by atoms with E-state index in [1.54, 1.807) is 4.68 Å². The Morgan fingerprint density at radius 1 is 1.21 bits per heavy atom. The van der Waals surface area contributed by atoms with Crippen molar-refractivity contribution >= 4 is 11.9 Å². The molecule has 124 valence electrons. The quantitative estimate of drug-likeness (QED) is 0.775. The summed E-state index contributed by atoms with van der Waals surface area (Å²) in [6.45, 7) is 1.05. The molecular weight excluding hydrogens is 314 g/mol. The van der Waals surface area contributed by atoms with Crippen LogP contribution in [0.1, 0.15) is 12.2 Å². The number of aryl methyl sites for hydroxylation is 1. The minimum absolute atomic E-state index is 0.314. The van der Waals surface area contributed by atoms with Gasteiger partial charge in [-0.05, 0) is 18.6 Å². The fraction of sp³-hybridized carbons (Fsp3) is 0.333. The third-order valence-corrected chi connectivity index (χ3v) is 3.90. The van der Waals surface area contributed by atoms with Crippen LogP contribution >= 0.6 is 0 Å². The lowest BCUT2D eigenvalue weighted by Crippen LogP contribution is -2.29. The molecule has 3 amide bonds. The van der Waals surface area contributed by atoms with Crippen LogP contribution in [-0.4, -0.2) is 46.0 Å². The summed E-state index contributed by atoms with van der Waals surface area (Å²) in [6, 6.07) is 4.55. The van der Waals surface area contributed by atoms with Crippen molar-refractivity contribution in [2.45, 2.75) is 18.9 Å². The number of ether oxygens (including phenoxy) is 2. The average molecular weight is 329 g/mol. The van der Waals surface area contributed by atoms with Gasteiger partial charge in [-0.1, -0.05) is 0 Å². The second-order valence-electron chi connectivity index (χ2n) is 5.47. The summed E-state index contributed by atoms with van der Waals surface area (Å²) >= 11 is 0. The first kappa shape index (κ1) is 14.5. The van der Waals surface area contributed by atoms with Gasteiger partial charge in [0.15, 0.2) is 11.5 Å². The highest BCUT2D eigenvalue weighted by Gasteiger charge is 2.29. The molecular formula is C15H15N5O4. The van der Waals surface area contributed by atoms with E-state index in [-0.39, 0.29) is 5.91 Å². The van der Waals surface area contributed by atoms with Gasteiger partial charge in [-0.2, -0.15) is 5.10 Å². The molecule has 0 unspecified atom stereocenters. The molecule has 2 N–H and O–H groups in total. The molecule has 2 aromatic rings. The summed E-state index contributed by atoms with van der Waals surface area (Å²) in [5, 5.41) is 9.02. The van der Waals surface area contributed by atoms with Crippen molar-refractivity contribution in [1.82, 2.24) is 25.4 Å². The van der Waals surface area contributed by atoms with Crippen LogP contribution in [0, 0.1) is 0 Å². The SMILES string of the molecule is O=C1NC(=O)[C@H](CCc2ncnn2-c2ccc3c(c2)OCCO3)N1. The zero-order valence-corrected chi connectivity index (χ0v) is 12.7. The predicted octanol–water partition coefficient (Wildman–Crippen LogP) is 0.179. The highest BCUT2D eigenvalue weighted by Crippen LogP contribution is 2.32. The van der Waals surface area contributed by atoms with E-state index in [0.717, 1.165) is 5.69 Å². The van der Waals surface area contributed by atoms with Crippen molar-refractivity contribution in [3.63, 3.8) is 0 Å². The number of urea groups is 1. The maximum Gasteiger partial charge on any atom is 0.322 e. The molecule has 1 aromatic heterocycles. The second-order valence-corrected chi connectivity index (χ2v) is 5.47. The Morgan fingerprint density at radius 3 is 2.83 bits per heavy atom. The Kier molecular flexibility index (Phi) is 3.52. The van der Waals surface area contributed by atoms with Crippen LogP contribution < -0.4 is 20.1 Å². The largest absolute Gasteiger partial charge is 0.486 e. The van der Waals surface area contributed by atoms with E-state index in [0.29, 0.717) is 43.4 Å². The fourth-order valence-corrected chi connectivity index (χ4v) is 2.75. The van der Waals surface area contributed by atoms with E-state index in [4.69, 9.17) is 9.47 Å². The molecule has 1 atom stereocenters. The standard InChI is InChI=1S/C15H15N5O4/c21-14-10(18-15(22)19-14)2-4-13-16-8-17-20(13)9-1-3-11-12(7-9)24-6-5-23-11/h1,3,7-8,10H,2,4-6H2,(H2,18,19,21,22)/t10-/m0/s1. The first-order chi connectivity index (χ1) is 11.7. The van der Waals surface area contributed by atoms with Crippen molar-refractivity contribution in [3.8, 4) is 17.2 Å². The van der Waals surface area contributed by atoms with Crippen LogP contribution in [0.3, 0.4) is 0 Å². The van der Waals surface area contributed by atoms with E-state index < -0.39 is 12.1 Å². The summed E-state index contributed by atoms with van der Waals surface area (Å²) in [7, 11) is 0. The number of carbonyl (C=O) groups excluding carboxylic acids is 2. The van der Waals surface area contributed by atoms with Crippen molar-refractivity contribution < 1.29 is 19.1 Å². The number of imide groups is 1. The lowest BCUT2D eigenvalue weighted by molar-refractivity contribution is -0.120. The van der Waals surface area contributed by atoms with E-state index in [1.807, 2.05) is 18.2 Å². The topological polar surface area (TPSA) is 107 Å². The molecule has 9 heteroatoms. The number of carbonyl (C=O) groups is 2. The monoisotopic (exact) mass is 329 g/mol. The molecule has 0 radical (unpaired) electrons. The van der Waals surface area contributed by atoms with Crippen molar-refractivity contribution in [2.75, 3.05) is 13.2 Å². The predicted molar refractivity (Wildman–Crippen MR) is 81.1 cm³/mol. The van der Waals surface area contributed by atoms with Crippen LogP contribution in [0.4, 0.5) is 4.79 Å². The second kappa shape index (κ2) is 5.84. The van der Waals surface area contributed by atoms with Gasteiger partial charge in [-0.25, -0.2) is 14.5 Å². The van der Waals surface area contributed by atoms with Gasteiger partial charge in [-0.15, -0.1) is 0 Å². The number of nitrogens with one attached hydrogen (secondary N) is 2. The third-order valence-electron chi connectivity index (χ3n) is 3.90. The highest BCUT2D eigenvalue weighted by atomic mass is 16.6. The Bertz CT molecular complexity index is 803. The molecule has 2 aliphatic rings. The third kappa shape index (κ3) is 2.64. The minimum Gasteiger partial charge on any atom is -0.486 e. The van der Waals surface area contributed by atoms with Gasteiger partial charge in [0.1, 0.15) is 31.4 Å². The number of aromatic nitrogens is 3. The van der Waals surface area contributed by atoms with Gasteiger partial charge in [0, 0.05) is 12.5 Å². The van der Waals surface area contributed by atoms with Gasteiger partial charge >= 0.3 is 6.03 Å². The summed E-state index contributed by atoms with van der Waals surface area (Å²) in [6.07, 6.45) is 2.40. The molecule has 4 rings (SSSR count). The Hall–Kier alpha value is -3.10. The van der Waals surface area contributed by atoms with E-state index in [9.17, 15) is 9.59 Å². The summed E-state index contributed by atoms with van der Waals surface area (Å²) in [5.74, 6) is 1.76. The molecule has 0 bridgehead atoms. The van der Waals surface area contributed by atoms with Gasteiger partial charge in [0.2, 0.25) is 0 Å². The molecule has 2 aliphatic heterocycles. The first-order valence-electron chi connectivity index (χ1n) is 7.61. The number of hydrogen-bond acceptors (Lipinski definition) is 6. The lowest BCUT2D eigenvalue weighted by Gasteiger charge is -2.19. The molecule has 0 saturated carbocycles. The minimum atomic E-state index is -0.539. The lowest BCUT2D eigenvalue weighted by atomic mass is 10.1. The average Bonchev–Trinajstić information content (AvgIpc) is 3.18. The Morgan fingerprint density at radius 2 is 2.04 bits per heavy atom. The normalized spacial score (nSPS) is 19.1. The van der Waals surface area contributed by atoms with Crippen LogP contribution in [-0.2, 0) is 11.2 Å². The molecule has 0 spiro atoms. The van der Waals surface area contributed by atoms with E-state index >= 15 is 0 Å². The van der Waals surface area contributed by atoms with Gasteiger partial charge < -0.3 is 14.8 Å². The van der Waals surface area contributed by atoms with Crippen molar-refractivity contribution in [2.24, 2.45) is 0 Å². The summed E-state index contributed by atoms with van der Waals surface area (Å²) in [5.41, 5.74) is 0.798. The van der Waals surface area contributed by atoms with Crippen LogP contribution in [0.25, 0.3) is 5.69 Å². The zero-order chi connectivity index (χ0) is 16.5. The summed E-state index contributed by atoms with van der Waals surface area (Å²) in [4.78, 5) is 27.0. The number of amides is 3. The van der Waals surface area contributed by atoms with Gasteiger partial charge in [0.05, 0.1) is 5.69 Å². The maximum absolute atomic E-state index is 11.6. The molecule has 24 heavy (non-hydrogen) atoms. The highest BCUT2D eigenvalue weighted by molar-refractivity contribution is 6.04. The molecule has 1 saturated heterocycles.